The fourth-order valence-electron chi connectivity index (χ4n) is 1.86. The highest BCUT2D eigenvalue weighted by molar-refractivity contribution is 9.10. The van der Waals surface area contributed by atoms with Gasteiger partial charge in [-0.15, -0.1) is 0 Å². The zero-order valence-corrected chi connectivity index (χ0v) is 12.5. The SMILES string of the molecule is CC(Nc1ccc([N+](=O)[O-])c(Br)c1)c1ccc(F)c(F)c1. The van der Waals surface area contributed by atoms with E-state index in [4.69, 9.17) is 0 Å². The molecule has 0 aromatic heterocycles. The maximum absolute atomic E-state index is 13.2. The van der Waals surface area contributed by atoms with E-state index in [-0.39, 0.29) is 11.7 Å². The van der Waals surface area contributed by atoms with Gasteiger partial charge in [0, 0.05) is 17.8 Å². The van der Waals surface area contributed by atoms with Gasteiger partial charge in [-0.3, -0.25) is 10.1 Å². The Bertz CT molecular complexity index is 695. The van der Waals surface area contributed by atoms with Gasteiger partial charge in [-0.05, 0) is 52.7 Å². The molecule has 0 saturated heterocycles. The van der Waals surface area contributed by atoms with Crippen molar-refractivity contribution in [1.29, 1.82) is 0 Å². The maximum Gasteiger partial charge on any atom is 0.283 e. The largest absolute Gasteiger partial charge is 0.378 e. The Labute approximate surface area is 128 Å². The third-order valence-corrected chi connectivity index (χ3v) is 3.61. The minimum absolute atomic E-state index is 0.0407. The fourth-order valence-corrected chi connectivity index (χ4v) is 2.38. The van der Waals surface area contributed by atoms with Crippen LogP contribution in [0.2, 0.25) is 0 Å². The highest BCUT2D eigenvalue weighted by Crippen LogP contribution is 2.29. The van der Waals surface area contributed by atoms with E-state index in [1.54, 1.807) is 19.1 Å². The van der Waals surface area contributed by atoms with E-state index in [1.807, 2.05) is 0 Å². The zero-order valence-electron chi connectivity index (χ0n) is 10.9. The molecule has 0 heterocycles. The van der Waals surface area contributed by atoms with Gasteiger partial charge < -0.3 is 5.32 Å². The van der Waals surface area contributed by atoms with Crippen molar-refractivity contribution in [3.63, 3.8) is 0 Å². The van der Waals surface area contributed by atoms with Crippen molar-refractivity contribution in [1.82, 2.24) is 0 Å². The van der Waals surface area contributed by atoms with Crippen molar-refractivity contribution in [2.45, 2.75) is 13.0 Å². The summed E-state index contributed by atoms with van der Waals surface area (Å²) in [7, 11) is 0. The van der Waals surface area contributed by atoms with Crippen molar-refractivity contribution in [3.8, 4) is 0 Å². The van der Waals surface area contributed by atoms with Gasteiger partial charge in [0.15, 0.2) is 11.6 Å². The van der Waals surface area contributed by atoms with E-state index < -0.39 is 16.6 Å². The first-order chi connectivity index (χ1) is 9.88. The first-order valence-electron chi connectivity index (χ1n) is 6.04. The lowest BCUT2D eigenvalue weighted by Crippen LogP contribution is -2.07. The molecule has 0 aliphatic carbocycles. The Morgan fingerprint density at radius 2 is 1.90 bits per heavy atom. The molecule has 0 amide bonds. The number of nitro benzene ring substituents is 1. The van der Waals surface area contributed by atoms with Gasteiger partial charge >= 0.3 is 0 Å². The topological polar surface area (TPSA) is 55.2 Å². The summed E-state index contributed by atoms with van der Waals surface area (Å²) in [6, 6.07) is 7.87. The molecule has 2 aromatic rings. The van der Waals surface area contributed by atoms with Gasteiger partial charge in [0.25, 0.3) is 5.69 Å². The molecule has 1 N–H and O–H groups in total. The number of halogens is 3. The van der Waals surface area contributed by atoms with Crippen molar-refractivity contribution in [2.75, 3.05) is 5.32 Å². The molecule has 110 valence electrons. The first kappa shape index (κ1) is 15.4. The lowest BCUT2D eigenvalue weighted by Gasteiger charge is -2.16. The summed E-state index contributed by atoms with van der Waals surface area (Å²) in [6.07, 6.45) is 0. The van der Waals surface area contributed by atoms with Crippen molar-refractivity contribution in [2.24, 2.45) is 0 Å². The lowest BCUT2D eigenvalue weighted by molar-refractivity contribution is -0.385. The predicted octanol–water partition coefficient (Wildman–Crippen LogP) is 4.81. The smallest absolute Gasteiger partial charge is 0.283 e. The molecule has 0 bridgehead atoms. The molecule has 2 rings (SSSR count). The van der Waals surface area contributed by atoms with Crippen LogP contribution in [0.15, 0.2) is 40.9 Å². The second kappa shape index (κ2) is 6.17. The highest BCUT2D eigenvalue weighted by atomic mass is 79.9. The fraction of sp³-hybridized carbons (Fsp3) is 0.143. The standard InChI is InChI=1S/C14H11BrF2N2O2/c1-8(9-2-4-12(16)13(17)6-9)18-10-3-5-14(19(20)21)11(15)7-10/h2-8,18H,1H3. The van der Waals surface area contributed by atoms with Crippen LogP contribution in [0.4, 0.5) is 20.2 Å². The average molecular weight is 357 g/mol. The van der Waals surface area contributed by atoms with Gasteiger partial charge in [0.1, 0.15) is 0 Å². The van der Waals surface area contributed by atoms with Crippen LogP contribution in [0.5, 0.6) is 0 Å². The second-order valence-corrected chi connectivity index (χ2v) is 5.32. The summed E-state index contributed by atoms with van der Waals surface area (Å²) in [5.74, 6) is -1.81. The van der Waals surface area contributed by atoms with Gasteiger partial charge in [-0.1, -0.05) is 6.07 Å². The minimum atomic E-state index is -0.911. The summed E-state index contributed by atoms with van der Waals surface area (Å²) in [4.78, 5) is 10.2. The predicted molar refractivity (Wildman–Crippen MR) is 79.2 cm³/mol. The summed E-state index contributed by atoms with van der Waals surface area (Å²) in [6.45, 7) is 1.78. The zero-order chi connectivity index (χ0) is 15.6. The summed E-state index contributed by atoms with van der Waals surface area (Å²) >= 11 is 3.12. The van der Waals surface area contributed by atoms with Crippen molar-refractivity contribution in [3.05, 3.63) is 68.2 Å². The van der Waals surface area contributed by atoms with E-state index in [9.17, 15) is 18.9 Å². The Kier molecular flexibility index (Phi) is 4.52. The molecule has 0 fully saturated rings. The maximum atomic E-state index is 13.2. The number of anilines is 1. The first-order valence-corrected chi connectivity index (χ1v) is 6.83. The van der Waals surface area contributed by atoms with Gasteiger partial charge in [-0.2, -0.15) is 0 Å². The summed E-state index contributed by atoms with van der Waals surface area (Å²) in [5, 5.41) is 13.8. The van der Waals surface area contributed by atoms with E-state index in [2.05, 4.69) is 21.2 Å². The molecule has 0 radical (unpaired) electrons. The average Bonchev–Trinajstić information content (AvgIpc) is 2.41. The van der Waals surface area contributed by atoms with E-state index in [0.717, 1.165) is 12.1 Å². The molecular weight excluding hydrogens is 346 g/mol. The number of nitro groups is 1. The third-order valence-electron chi connectivity index (χ3n) is 2.97. The van der Waals surface area contributed by atoms with Crippen LogP contribution in [0, 0.1) is 21.7 Å². The van der Waals surface area contributed by atoms with E-state index in [0.29, 0.717) is 15.7 Å². The van der Waals surface area contributed by atoms with E-state index in [1.165, 1.54) is 12.1 Å². The number of rotatable bonds is 4. The van der Waals surface area contributed by atoms with Crippen molar-refractivity contribution >= 4 is 27.3 Å². The molecule has 0 aliphatic heterocycles. The normalized spacial score (nSPS) is 12.0. The highest BCUT2D eigenvalue weighted by Gasteiger charge is 2.14. The second-order valence-electron chi connectivity index (χ2n) is 4.46. The summed E-state index contributed by atoms with van der Waals surface area (Å²) < 4.78 is 26.4. The van der Waals surface area contributed by atoms with Crippen LogP contribution in [0.1, 0.15) is 18.5 Å². The Morgan fingerprint density at radius 3 is 2.48 bits per heavy atom. The van der Waals surface area contributed by atoms with Gasteiger partial charge in [-0.25, -0.2) is 8.78 Å². The molecular formula is C14H11BrF2N2O2. The molecule has 0 spiro atoms. The number of nitrogens with zero attached hydrogens (tertiary/aromatic N) is 1. The molecule has 1 atom stereocenters. The van der Waals surface area contributed by atoms with Crippen LogP contribution in [0.3, 0.4) is 0 Å². The third kappa shape index (κ3) is 3.55. The monoisotopic (exact) mass is 356 g/mol. The molecule has 4 nitrogen and oxygen atoms in total. The van der Waals surface area contributed by atoms with Crippen LogP contribution >= 0.6 is 15.9 Å². The molecule has 0 saturated carbocycles. The van der Waals surface area contributed by atoms with Crippen LogP contribution in [-0.2, 0) is 0 Å². The van der Waals surface area contributed by atoms with Crippen LogP contribution in [0.25, 0.3) is 0 Å². The van der Waals surface area contributed by atoms with Gasteiger partial charge in [0.05, 0.1) is 9.40 Å². The molecule has 0 aliphatic rings. The number of nitrogens with one attached hydrogen (secondary N) is 1. The van der Waals surface area contributed by atoms with Crippen LogP contribution < -0.4 is 5.32 Å². The van der Waals surface area contributed by atoms with E-state index >= 15 is 0 Å². The Morgan fingerprint density at radius 1 is 1.19 bits per heavy atom. The molecule has 21 heavy (non-hydrogen) atoms. The van der Waals surface area contributed by atoms with Gasteiger partial charge in [0.2, 0.25) is 0 Å². The quantitative estimate of drug-likeness (QED) is 0.631. The van der Waals surface area contributed by atoms with Crippen molar-refractivity contribution < 1.29 is 13.7 Å². The molecule has 2 aromatic carbocycles. The number of hydrogen-bond donors (Lipinski definition) is 1. The number of benzene rings is 2. The minimum Gasteiger partial charge on any atom is -0.378 e. The lowest BCUT2D eigenvalue weighted by atomic mass is 10.1. The van der Waals surface area contributed by atoms with Crippen LogP contribution in [-0.4, -0.2) is 4.92 Å². The Balaban J connectivity index is 2.19. The summed E-state index contributed by atoms with van der Waals surface area (Å²) in [5.41, 5.74) is 1.16. The molecule has 1 unspecified atom stereocenters. The number of hydrogen-bond acceptors (Lipinski definition) is 3. The Hall–Kier alpha value is -2.02. The molecule has 7 heteroatoms.